The van der Waals surface area contributed by atoms with E-state index in [4.69, 9.17) is 22.1 Å². The third kappa shape index (κ3) is 2.41. The lowest BCUT2D eigenvalue weighted by atomic mass is 9.85. The van der Waals surface area contributed by atoms with Crippen molar-refractivity contribution < 1.29 is 9.13 Å². The SMILES string of the molecule is CC1(C)COc2ccc(C(N)c3cccc(Cl)c3F)cc21. The van der Waals surface area contributed by atoms with Crippen molar-refractivity contribution in [3.63, 3.8) is 0 Å². The van der Waals surface area contributed by atoms with Gasteiger partial charge >= 0.3 is 0 Å². The van der Waals surface area contributed by atoms with Gasteiger partial charge in [-0.05, 0) is 23.8 Å². The van der Waals surface area contributed by atoms with Gasteiger partial charge in [-0.2, -0.15) is 0 Å². The van der Waals surface area contributed by atoms with Crippen molar-refractivity contribution in [3.8, 4) is 5.75 Å². The third-order valence-electron chi connectivity index (χ3n) is 4.00. The van der Waals surface area contributed by atoms with Gasteiger partial charge in [0.05, 0.1) is 17.7 Å². The monoisotopic (exact) mass is 305 g/mol. The van der Waals surface area contributed by atoms with E-state index in [2.05, 4.69) is 13.8 Å². The molecule has 0 fully saturated rings. The van der Waals surface area contributed by atoms with Gasteiger partial charge in [0.25, 0.3) is 0 Å². The molecule has 2 aromatic carbocycles. The fourth-order valence-electron chi connectivity index (χ4n) is 2.67. The molecule has 21 heavy (non-hydrogen) atoms. The molecule has 0 aliphatic carbocycles. The van der Waals surface area contributed by atoms with E-state index in [1.165, 1.54) is 6.07 Å². The van der Waals surface area contributed by atoms with Crippen molar-refractivity contribution in [2.75, 3.05) is 6.61 Å². The van der Waals surface area contributed by atoms with E-state index >= 15 is 0 Å². The molecule has 0 radical (unpaired) electrons. The van der Waals surface area contributed by atoms with Crippen LogP contribution < -0.4 is 10.5 Å². The summed E-state index contributed by atoms with van der Waals surface area (Å²) >= 11 is 5.83. The molecule has 0 spiro atoms. The fourth-order valence-corrected chi connectivity index (χ4v) is 2.85. The normalized spacial score (nSPS) is 17.2. The van der Waals surface area contributed by atoms with Crippen LogP contribution in [0.15, 0.2) is 36.4 Å². The van der Waals surface area contributed by atoms with E-state index in [1.54, 1.807) is 12.1 Å². The highest BCUT2D eigenvalue weighted by Crippen LogP contribution is 2.40. The lowest BCUT2D eigenvalue weighted by Crippen LogP contribution is -2.19. The molecule has 4 heteroatoms. The first-order valence-corrected chi connectivity index (χ1v) is 7.25. The molecule has 3 rings (SSSR count). The molecule has 0 aromatic heterocycles. The molecule has 0 amide bonds. The Morgan fingerprint density at radius 1 is 1.29 bits per heavy atom. The van der Waals surface area contributed by atoms with Crippen molar-refractivity contribution >= 4 is 11.6 Å². The van der Waals surface area contributed by atoms with E-state index in [0.29, 0.717) is 12.2 Å². The molecule has 1 heterocycles. The quantitative estimate of drug-likeness (QED) is 0.902. The first-order chi connectivity index (χ1) is 9.90. The predicted octanol–water partition coefficient (Wildman–Crippen LogP) is 4.20. The molecule has 0 saturated carbocycles. The number of ether oxygens (including phenoxy) is 1. The molecule has 2 aromatic rings. The van der Waals surface area contributed by atoms with Gasteiger partial charge in [0.15, 0.2) is 0 Å². The topological polar surface area (TPSA) is 35.2 Å². The van der Waals surface area contributed by atoms with Crippen molar-refractivity contribution in [1.82, 2.24) is 0 Å². The fraction of sp³-hybridized carbons (Fsp3) is 0.294. The molecule has 110 valence electrons. The minimum atomic E-state index is -0.551. The summed E-state index contributed by atoms with van der Waals surface area (Å²) in [6, 6.07) is 10.1. The van der Waals surface area contributed by atoms with Gasteiger partial charge in [0, 0.05) is 16.5 Å². The van der Waals surface area contributed by atoms with Crippen LogP contribution in [0.4, 0.5) is 4.39 Å². The molecule has 2 nitrogen and oxygen atoms in total. The smallest absolute Gasteiger partial charge is 0.146 e. The van der Waals surface area contributed by atoms with Crippen LogP contribution in [0.5, 0.6) is 5.75 Å². The Kier molecular flexibility index (Phi) is 3.42. The number of nitrogens with two attached hydrogens (primary N) is 1. The molecule has 0 bridgehead atoms. The van der Waals surface area contributed by atoms with Gasteiger partial charge < -0.3 is 10.5 Å². The zero-order valence-electron chi connectivity index (χ0n) is 12.0. The number of rotatable bonds is 2. The molecular formula is C17H17ClFNO. The van der Waals surface area contributed by atoms with Gasteiger partial charge in [-0.1, -0.05) is 43.6 Å². The Morgan fingerprint density at radius 3 is 2.81 bits per heavy atom. The number of hydrogen-bond acceptors (Lipinski definition) is 2. The van der Waals surface area contributed by atoms with E-state index in [1.807, 2.05) is 18.2 Å². The van der Waals surface area contributed by atoms with Gasteiger partial charge in [0.2, 0.25) is 0 Å². The molecular weight excluding hydrogens is 289 g/mol. The summed E-state index contributed by atoms with van der Waals surface area (Å²) in [5.41, 5.74) is 8.54. The third-order valence-corrected chi connectivity index (χ3v) is 4.29. The summed E-state index contributed by atoms with van der Waals surface area (Å²) in [7, 11) is 0. The van der Waals surface area contributed by atoms with E-state index in [9.17, 15) is 4.39 Å². The second-order valence-corrected chi connectivity index (χ2v) is 6.46. The second kappa shape index (κ2) is 5.00. The van der Waals surface area contributed by atoms with Crippen LogP contribution in [0.1, 0.15) is 36.6 Å². The van der Waals surface area contributed by atoms with Crippen LogP contribution in [0.2, 0.25) is 5.02 Å². The number of halogens is 2. The Balaban J connectivity index is 2.03. The van der Waals surface area contributed by atoms with Crippen LogP contribution >= 0.6 is 11.6 Å². The van der Waals surface area contributed by atoms with Gasteiger partial charge in [-0.25, -0.2) is 4.39 Å². The maximum atomic E-state index is 14.1. The average Bonchev–Trinajstić information content (AvgIpc) is 2.76. The Labute approximate surface area is 128 Å². The first kappa shape index (κ1) is 14.4. The molecule has 1 aliphatic heterocycles. The van der Waals surface area contributed by atoms with Crippen LogP contribution in [0.3, 0.4) is 0 Å². The van der Waals surface area contributed by atoms with Crippen molar-refractivity contribution in [1.29, 1.82) is 0 Å². The maximum Gasteiger partial charge on any atom is 0.146 e. The minimum Gasteiger partial charge on any atom is -0.492 e. The molecule has 0 saturated heterocycles. The molecule has 1 atom stereocenters. The summed E-state index contributed by atoms with van der Waals surface area (Å²) in [5.74, 6) is 0.421. The average molecular weight is 306 g/mol. The van der Waals surface area contributed by atoms with Crippen LogP contribution in [-0.4, -0.2) is 6.61 Å². The maximum absolute atomic E-state index is 14.1. The van der Waals surface area contributed by atoms with Crippen molar-refractivity contribution in [2.45, 2.75) is 25.3 Å². The number of fused-ring (bicyclic) bond motifs is 1. The highest BCUT2D eigenvalue weighted by molar-refractivity contribution is 6.30. The predicted molar refractivity (Wildman–Crippen MR) is 82.4 cm³/mol. The first-order valence-electron chi connectivity index (χ1n) is 6.87. The van der Waals surface area contributed by atoms with Crippen molar-refractivity contribution in [3.05, 3.63) is 63.9 Å². The van der Waals surface area contributed by atoms with Gasteiger partial charge in [-0.3, -0.25) is 0 Å². The number of benzene rings is 2. The molecule has 1 unspecified atom stereocenters. The highest BCUT2D eigenvalue weighted by Gasteiger charge is 2.32. The van der Waals surface area contributed by atoms with E-state index in [-0.39, 0.29) is 10.4 Å². The molecule has 1 aliphatic rings. The summed E-state index contributed by atoms with van der Waals surface area (Å²) in [4.78, 5) is 0. The van der Waals surface area contributed by atoms with Gasteiger partial charge in [0.1, 0.15) is 11.6 Å². The van der Waals surface area contributed by atoms with Gasteiger partial charge in [-0.15, -0.1) is 0 Å². The lowest BCUT2D eigenvalue weighted by Gasteiger charge is -2.19. The zero-order valence-corrected chi connectivity index (χ0v) is 12.7. The number of hydrogen-bond donors (Lipinski definition) is 1. The van der Waals surface area contributed by atoms with Crippen LogP contribution in [0.25, 0.3) is 0 Å². The lowest BCUT2D eigenvalue weighted by molar-refractivity contribution is 0.291. The largest absolute Gasteiger partial charge is 0.492 e. The standard InChI is InChI=1S/C17H17ClFNO/c1-17(2)9-21-14-7-6-10(8-12(14)17)16(20)11-4-3-5-13(18)15(11)19/h3-8,16H,9,20H2,1-2H3. The van der Waals surface area contributed by atoms with Crippen LogP contribution in [-0.2, 0) is 5.41 Å². The zero-order chi connectivity index (χ0) is 15.2. The summed E-state index contributed by atoms with van der Waals surface area (Å²) in [6.45, 7) is 4.88. The minimum absolute atomic E-state index is 0.0576. The Bertz CT molecular complexity index is 699. The Hall–Kier alpha value is -1.58. The Morgan fingerprint density at radius 2 is 2.05 bits per heavy atom. The summed E-state index contributed by atoms with van der Waals surface area (Å²) in [5, 5.41) is 0.0905. The van der Waals surface area contributed by atoms with E-state index < -0.39 is 11.9 Å². The van der Waals surface area contributed by atoms with Crippen LogP contribution in [0, 0.1) is 5.82 Å². The summed E-state index contributed by atoms with van der Waals surface area (Å²) in [6.07, 6.45) is 0. The van der Waals surface area contributed by atoms with E-state index in [0.717, 1.165) is 16.9 Å². The molecule has 2 N–H and O–H groups in total. The highest BCUT2D eigenvalue weighted by atomic mass is 35.5. The second-order valence-electron chi connectivity index (χ2n) is 6.05. The summed E-state index contributed by atoms with van der Waals surface area (Å²) < 4.78 is 19.8. The van der Waals surface area contributed by atoms with Crippen molar-refractivity contribution in [2.24, 2.45) is 5.73 Å².